The number of unbranched alkanes of at least 4 members (excludes halogenated alkanes) is 7. The first-order valence-electron chi connectivity index (χ1n) is 26.9. The van der Waals surface area contributed by atoms with E-state index < -0.39 is 17.9 Å². The topological polar surface area (TPSA) is 355 Å². The van der Waals surface area contributed by atoms with Gasteiger partial charge in [-0.05, 0) is 109 Å². The molecular formula is C51H87N13O12. The SMILES string of the molecule is CC(C)=NNc1ccc(C(=O)NCCCCCC(=O)NCCCCCC(=O)NCCCCC(NC(=O)CCC(=O)NCCCCCC(=O)O)C(=O)NCCCOCCOCCOCCCNC(=O)CCCN=[N+]=[N-])cn1. The number of aromatic nitrogens is 1. The Labute approximate surface area is 447 Å². The molecule has 0 saturated heterocycles. The third-order valence-electron chi connectivity index (χ3n) is 11.1. The molecule has 0 saturated carbocycles. The Morgan fingerprint density at radius 2 is 1.03 bits per heavy atom. The Morgan fingerprint density at radius 1 is 0.553 bits per heavy atom. The summed E-state index contributed by atoms with van der Waals surface area (Å²) >= 11 is 0. The van der Waals surface area contributed by atoms with Crippen LogP contribution in [0.3, 0.4) is 0 Å². The van der Waals surface area contributed by atoms with Gasteiger partial charge in [-0.1, -0.05) is 24.4 Å². The first kappa shape index (κ1) is 67.6. The highest BCUT2D eigenvalue weighted by Crippen LogP contribution is 2.08. The van der Waals surface area contributed by atoms with E-state index in [1.165, 1.54) is 6.20 Å². The molecule has 25 heteroatoms. The minimum absolute atomic E-state index is 0.0268. The van der Waals surface area contributed by atoms with Crippen LogP contribution in [0.1, 0.15) is 159 Å². The lowest BCUT2D eigenvalue weighted by atomic mass is 10.1. The predicted molar refractivity (Wildman–Crippen MR) is 287 cm³/mol. The number of azide groups is 1. The van der Waals surface area contributed by atoms with Gasteiger partial charge in [0.2, 0.25) is 35.4 Å². The second kappa shape index (κ2) is 47.1. The standard InChI is InChI=1S/C51H87N13O12/c1-40(2)62-63-43-23-22-41(39-59-43)50(72)57-29-12-4-7-19-44(65)53-26-10-3-6-18-45(66)54-28-13-9-17-42(61-48(69)25-24-47(68)55-27-11-5-8-21-49(70)71)51(73)58-31-16-34-75-36-38-76-37-35-74-33-15-30-56-46(67)20-14-32-60-64-52/h22-23,39,42H,3-21,24-38H2,1-2H3,(H,53,65)(H,54,66)(H,55,68)(H,56,67)(H,57,72)(H,58,73)(H,59,63)(H,61,69)(H,70,71). The molecule has 25 nitrogen and oxygen atoms in total. The number of aliphatic carboxylic acids is 1. The van der Waals surface area contributed by atoms with Crippen molar-refractivity contribution in [1.82, 2.24) is 42.2 Å². The van der Waals surface area contributed by atoms with Gasteiger partial charge in [-0.3, -0.25) is 43.8 Å². The molecule has 7 amide bonds. The lowest BCUT2D eigenvalue weighted by Crippen LogP contribution is -2.47. The number of amides is 7. The fourth-order valence-corrected chi connectivity index (χ4v) is 6.90. The van der Waals surface area contributed by atoms with Gasteiger partial charge in [-0.25, -0.2) is 4.98 Å². The van der Waals surface area contributed by atoms with E-state index in [2.05, 4.69) is 62.8 Å². The number of ether oxygens (including phenoxy) is 3. The first-order chi connectivity index (χ1) is 36.8. The molecule has 0 aliphatic carbocycles. The van der Waals surface area contributed by atoms with Crippen molar-refractivity contribution >= 4 is 58.8 Å². The summed E-state index contributed by atoms with van der Waals surface area (Å²) in [7, 11) is 0. The van der Waals surface area contributed by atoms with E-state index in [1.807, 2.05) is 13.8 Å². The average Bonchev–Trinajstić information content (AvgIpc) is 3.39. The lowest BCUT2D eigenvalue weighted by Gasteiger charge is -2.19. The maximum absolute atomic E-state index is 13.2. The van der Waals surface area contributed by atoms with Crippen molar-refractivity contribution < 1.29 is 57.7 Å². The highest BCUT2D eigenvalue weighted by atomic mass is 16.5. The Hall–Kier alpha value is -6.43. The summed E-state index contributed by atoms with van der Waals surface area (Å²) in [4.78, 5) is 105. The van der Waals surface area contributed by atoms with E-state index in [-0.39, 0.29) is 54.7 Å². The van der Waals surface area contributed by atoms with E-state index >= 15 is 0 Å². The van der Waals surface area contributed by atoms with E-state index in [1.54, 1.807) is 12.1 Å². The molecule has 1 rings (SSSR count). The molecule has 9 N–H and O–H groups in total. The van der Waals surface area contributed by atoms with E-state index in [0.717, 1.165) is 31.4 Å². The molecule has 0 radical (unpaired) electrons. The van der Waals surface area contributed by atoms with Gasteiger partial charge >= 0.3 is 5.97 Å². The van der Waals surface area contributed by atoms with Gasteiger partial charge in [0, 0.05) is 114 Å². The van der Waals surface area contributed by atoms with Gasteiger partial charge in [0.15, 0.2) is 0 Å². The molecule has 0 bridgehead atoms. The van der Waals surface area contributed by atoms with Crippen LogP contribution in [0.4, 0.5) is 5.82 Å². The van der Waals surface area contributed by atoms with E-state index in [9.17, 15) is 38.4 Å². The Morgan fingerprint density at radius 3 is 1.55 bits per heavy atom. The molecule has 1 unspecified atom stereocenters. The van der Waals surface area contributed by atoms with Crippen molar-refractivity contribution in [2.45, 2.75) is 155 Å². The Kier molecular flexibility index (Phi) is 41.8. The van der Waals surface area contributed by atoms with Crippen LogP contribution in [0.25, 0.3) is 10.4 Å². The minimum Gasteiger partial charge on any atom is -0.481 e. The molecule has 76 heavy (non-hydrogen) atoms. The Balaban J connectivity index is 2.27. The van der Waals surface area contributed by atoms with Crippen LogP contribution in [-0.4, -0.2) is 155 Å². The van der Waals surface area contributed by atoms with Crippen LogP contribution in [0.2, 0.25) is 0 Å². The van der Waals surface area contributed by atoms with Gasteiger partial charge in [0.25, 0.3) is 5.91 Å². The molecule has 428 valence electrons. The summed E-state index contributed by atoms with van der Waals surface area (Å²) in [6, 6.07) is 2.52. The summed E-state index contributed by atoms with van der Waals surface area (Å²) in [6.45, 7) is 8.95. The number of nitrogens with zero attached hydrogens (tertiary/aromatic N) is 5. The third kappa shape index (κ3) is 41.9. The Bertz CT molecular complexity index is 1900. The summed E-state index contributed by atoms with van der Waals surface area (Å²) < 4.78 is 16.6. The molecule has 1 aromatic heterocycles. The van der Waals surface area contributed by atoms with Crippen molar-refractivity contribution in [2.75, 3.05) is 90.9 Å². The number of pyridine rings is 1. The molecule has 1 atom stereocenters. The van der Waals surface area contributed by atoms with Crippen molar-refractivity contribution in [1.29, 1.82) is 0 Å². The number of carbonyl (C=O) groups is 8. The number of nitrogens with one attached hydrogen (secondary N) is 8. The zero-order valence-corrected chi connectivity index (χ0v) is 45.0. The highest BCUT2D eigenvalue weighted by Gasteiger charge is 2.21. The molecule has 0 aliphatic heterocycles. The fourth-order valence-electron chi connectivity index (χ4n) is 6.90. The van der Waals surface area contributed by atoms with Crippen LogP contribution in [0, 0.1) is 0 Å². The lowest BCUT2D eigenvalue weighted by molar-refractivity contribution is -0.137. The van der Waals surface area contributed by atoms with Crippen LogP contribution in [0.5, 0.6) is 0 Å². The summed E-state index contributed by atoms with van der Waals surface area (Å²) in [5.74, 6) is -1.86. The van der Waals surface area contributed by atoms with Crippen LogP contribution in [0.15, 0.2) is 28.5 Å². The third-order valence-corrected chi connectivity index (χ3v) is 11.1. The normalized spacial score (nSPS) is 11.0. The number of carboxylic acids is 1. The fraction of sp³-hybridized carbons (Fsp3) is 0.725. The van der Waals surface area contributed by atoms with Crippen molar-refractivity contribution in [3.05, 3.63) is 34.3 Å². The molecule has 1 heterocycles. The molecule has 0 aromatic carbocycles. The van der Waals surface area contributed by atoms with Crippen molar-refractivity contribution in [3.8, 4) is 0 Å². The zero-order valence-electron chi connectivity index (χ0n) is 45.0. The first-order valence-corrected chi connectivity index (χ1v) is 26.9. The number of hydrogen-bond donors (Lipinski definition) is 9. The predicted octanol–water partition coefficient (Wildman–Crippen LogP) is 4.32. The molecular weight excluding hydrogens is 987 g/mol. The van der Waals surface area contributed by atoms with Gasteiger partial charge in [0.05, 0.1) is 32.0 Å². The van der Waals surface area contributed by atoms with Gasteiger partial charge in [-0.15, -0.1) is 0 Å². The summed E-state index contributed by atoms with van der Waals surface area (Å²) in [6.07, 6.45) is 11.8. The van der Waals surface area contributed by atoms with Crippen LogP contribution < -0.4 is 42.6 Å². The number of anilines is 1. The zero-order chi connectivity index (χ0) is 55.7. The van der Waals surface area contributed by atoms with Crippen molar-refractivity contribution in [2.24, 2.45) is 10.2 Å². The quantitative estimate of drug-likeness (QED) is 0.0110. The van der Waals surface area contributed by atoms with E-state index in [4.69, 9.17) is 24.8 Å². The maximum Gasteiger partial charge on any atom is 0.303 e. The average molecular weight is 1070 g/mol. The van der Waals surface area contributed by atoms with Crippen molar-refractivity contribution in [3.63, 3.8) is 0 Å². The number of hydrazone groups is 1. The van der Waals surface area contributed by atoms with Crippen LogP contribution >= 0.6 is 0 Å². The summed E-state index contributed by atoms with van der Waals surface area (Å²) in [5.41, 5.74) is 12.4. The number of rotatable bonds is 49. The van der Waals surface area contributed by atoms with Gasteiger partial charge in [0.1, 0.15) is 11.9 Å². The minimum atomic E-state index is -0.863. The summed E-state index contributed by atoms with van der Waals surface area (Å²) in [5, 5.41) is 36.1. The molecule has 0 aliphatic rings. The highest BCUT2D eigenvalue weighted by molar-refractivity contribution is 5.94. The smallest absolute Gasteiger partial charge is 0.303 e. The number of carboxylic acid groups (broad SMARTS) is 1. The number of carbonyl (C=O) groups excluding carboxylic acids is 7. The second-order valence-electron chi connectivity index (χ2n) is 18.1. The molecule has 0 spiro atoms. The van der Waals surface area contributed by atoms with E-state index in [0.29, 0.717) is 187 Å². The largest absolute Gasteiger partial charge is 0.481 e. The maximum atomic E-state index is 13.2. The molecule has 1 aromatic rings. The van der Waals surface area contributed by atoms with Gasteiger partial charge < -0.3 is 56.5 Å². The second-order valence-corrected chi connectivity index (χ2v) is 18.1. The molecule has 0 fully saturated rings. The van der Waals surface area contributed by atoms with Gasteiger partial charge in [-0.2, -0.15) is 5.10 Å². The monoisotopic (exact) mass is 1070 g/mol. The number of hydrogen-bond acceptors (Lipinski definition) is 15. The van der Waals surface area contributed by atoms with Crippen LogP contribution in [-0.2, 0) is 47.8 Å².